The first kappa shape index (κ1) is 21.1. The highest BCUT2D eigenvalue weighted by Crippen LogP contribution is 2.32. The second kappa shape index (κ2) is 9.05. The molecule has 1 aromatic carbocycles. The van der Waals surface area contributed by atoms with Crippen molar-refractivity contribution in [1.82, 2.24) is 14.9 Å². The van der Waals surface area contributed by atoms with E-state index in [4.69, 9.17) is 14.7 Å². The fourth-order valence-corrected chi connectivity index (χ4v) is 6.14. The molecular weight excluding hydrogens is 430 g/mol. The normalized spacial score (nSPS) is 18.8. The topological polar surface area (TPSA) is 44.7 Å². The van der Waals surface area contributed by atoms with Gasteiger partial charge in [-0.1, -0.05) is 24.3 Å². The summed E-state index contributed by atoms with van der Waals surface area (Å²) in [5.41, 5.74) is 6.81. The van der Waals surface area contributed by atoms with Crippen LogP contribution in [0, 0.1) is 6.92 Å². The molecule has 3 aliphatic heterocycles. The molecule has 3 aliphatic rings. The zero-order valence-corrected chi connectivity index (χ0v) is 20.1. The molecule has 0 bridgehead atoms. The minimum atomic E-state index is 0.767. The summed E-state index contributed by atoms with van der Waals surface area (Å²) in [5.74, 6) is 2.03. The van der Waals surface area contributed by atoms with E-state index in [0.717, 1.165) is 83.6 Å². The lowest BCUT2D eigenvalue weighted by molar-refractivity contribution is 0.122. The molecule has 1 fully saturated rings. The first-order valence-electron chi connectivity index (χ1n) is 12.0. The Morgan fingerprint density at radius 3 is 2.58 bits per heavy atom. The Bertz CT molecular complexity index is 1140. The summed E-state index contributed by atoms with van der Waals surface area (Å²) in [5, 5.41) is 2.20. The number of thiophene rings is 1. The first-order chi connectivity index (χ1) is 16.2. The van der Waals surface area contributed by atoms with Crippen molar-refractivity contribution in [2.75, 3.05) is 49.2 Å². The molecule has 0 N–H and O–H groups in total. The number of hydrogen-bond acceptors (Lipinski definition) is 7. The van der Waals surface area contributed by atoms with Crippen molar-refractivity contribution in [1.29, 1.82) is 0 Å². The van der Waals surface area contributed by atoms with E-state index in [1.54, 1.807) is 0 Å². The van der Waals surface area contributed by atoms with Gasteiger partial charge in [0.05, 0.1) is 18.9 Å². The number of aromatic nitrogens is 2. The van der Waals surface area contributed by atoms with E-state index < -0.39 is 0 Å². The predicted octanol–water partition coefficient (Wildman–Crippen LogP) is 3.80. The van der Waals surface area contributed by atoms with Crippen LogP contribution in [-0.4, -0.2) is 54.3 Å². The average Bonchev–Trinajstić information content (AvgIpc) is 3.27. The Kier molecular flexibility index (Phi) is 5.78. The summed E-state index contributed by atoms with van der Waals surface area (Å²) in [6, 6.07) is 11.0. The van der Waals surface area contributed by atoms with Gasteiger partial charge in [0, 0.05) is 62.7 Å². The molecular formula is C26H31N5OS. The van der Waals surface area contributed by atoms with Crippen molar-refractivity contribution in [3.8, 4) is 0 Å². The zero-order chi connectivity index (χ0) is 22.2. The van der Waals surface area contributed by atoms with Crippen LogP contribution in [0.2, 0.25) is 0 Å². The number of ether oxygens (including phenoxy) is 1. The van der Waals surface area contributed by atoms with Crippen LogP contribution in [0.15, 0.2) is 35.7 Å². The van der Waals surface area contributed by atoms with Gasteiger partial charge in [-0.2, -0.15) is 4.98 Å². The van der Waals surface area contributed by atoms with Gasteiger partial charge in [0.15, 0.2) is 0 Å². The molecule has 0 amide bonds. The second-order valence-corrected chi connectivity index (χ2v) is 10.3. The standard InChI is InChI=1S/C26H31N5OS/c1-19-8-15-33-24(19)18-29-9-7-23-22(17-29)25(30-11-13-32-14-12-30)28-26(27-23)31-10-6-20-4-2-3-5-21(20)16-31/h2-5,8,15H,6-7,9-14,16-18H2,1H3. The van der Waals surface area contributed by atoms with E-state index in [1.165, 1.54) is 32.8 Å². The molecule has 5 heterocycles. The highest BCUT2D eigenvalue weighted by atomic mass is 32.1. The maximum absolute atomic E-state index is 5.65. The van der Waals surface area contributed by atoms with Crippen molar-refractivity contribution in [2.24, 2.45) is 0 Å². The lowest BCUT2D eigenvalue weighted by Crippen LogP contribution is -2.40. The molecule has 0 aliphatic carbocycles. The number of anilines is 2. The van der Waals surface area contributed by atoms with Crippen molar-refractivity contribution in [3.05, 3.63) is 68.5 Å². The van der Waals surface area contributed by atoms with Gasteiger partial charge in [-0.3, -0.25) is 4.90 Å². The molecule has 6 rings (SSSR count). The SMILES string of the molecule is Cc1ccsc1CN1CCc2nc(N3CCc4ccccc4C3)nc(N3CCOCC3)c2C1. The fraction of sp³-hybridized carbons (Fsp3) is 0.462. The minimum Gasteiger partial charge on any atom is -0.378 e. The van der Waals surface area contributed by atoms with E-state index in [1.807, 2.05) is 11.3 Å². The molecule has 0 atom stereocenters. The van der Waals surface area contributed by atoms with Crippen LogP contribution >= 0.6 is 11.3 Å². The van der Waals surface area contributed by atoms with Gasteiger partial charge >= 0.3 is 0 Å². The third-order valence-corrected chi connectivity index (χ3v) is 8.17. The number of fused-ring (bicyclic) bond motifs is 2. The third kappa shape index (κ3) is 4.25. The Morgan fingerprint density at radius 1 is 0.909 bits per heavy atom. The van der Waals surface area contributed by atoms with Crippen molar-refractivity contribution in [2.45, 2.75) is 39.4 Å². The minimum absolute atomic E-state index is 0.767. The van der Waals surface area contributed by atoms with Crippen LogP contribution in [0.5, 0.6) is 0 Å². The summed E-state index contributed by atoms with van der Waals surface area (Å²) in [6.45, 7) is 10.4. The number of aryl methyl sites for hydroxylation is 1. The van der Waals surface area contributed by atoms with Gasteiger partial charge in [-0.05, 0) is 41.5 Å². The largest absolute Gasteiger partial charge is 0.378 e. The molecule has 172 valence electrons. The fourth-order valence-electron chi connectivity index (χ4n) is 5.19. The number of benzene rings is 1. The van der Waals surface area contributed by atoms with Gasteiger partial charge in [-0.15, -0.1) is 11.3 Å². The maximum Gasteiger partial charge on any atom is 0.227 e. The molecule has 0 unspecified atom stereocenters. The molecule has 3 aromatic rings. The lowest BCUT2D eigenvalue weighted by atomic mass is 10.00. The monoisotopic (exact) mass is 461 g/mol. The molecule has 0 saturated carbocycles. The third-order valence-electron chi connectivity index (χ3n) is 7.17. The Balaban J connectivity index is 1.32. The molecule has 33 heavy (non-hydrogen) atoms. The lowest BCUT2D eigenvalue weighted by Gasteiger charge is -2.36. The smallest absolute Gasteiger partial charge is 0.227 e. The van der Waals surface area contributed by atoms with E-state index in [9.17, 15) is 0 Å². The molecule has 2 aromatic heterocycles. The molecule has 7 heteroatoms. The highest BCUT2D eigenvalue weighted by Gasteiger charge is 2.28. The number of rotatable bonds is 4. The summed E-state index contributed by atoms with van der Waals surface area (Å²) in [7, 11) is 0. The van der Waals surface area contributed by atoms with E-state index >= 15 is 0 Å². The van der Waals surface area contributed by atoms with Gasteiger partial charge in [0.1, 0.15) is 5.82 Å². The van der Waals surface area contributed by atoms with Crippen LogP contribution in [0.3, 0.4) is 0 Å². The maximum atomic E-state index is 5.65. The van der Waals surface area contributed by atoms with Crippen LogP contribution in [-0.2, 0) is 37.2 Å². The number of nitrogens with zero attached hydrogens (tertiary/aromatic N) is 5. The first-order valence-corrected chi connectivity index (χ1v) is 12.9. The highest BCUT2D eigenvalue weighted by molar-refractivity contribution is 7.10. The van der Waals surface area contributed by atoms with Gasteiger partial charge in [-0.25, -0.2) is 4.98 Å². The molecule has 1 saturated heterocycles. The van der Waals surface area contributed by atoms with E-state index in [-0.39, 0.29) is 0 Å². The molecule has 0 radical (unpaired) electrons. The summed E-state index contributed by atoms with van der Waals surface area (Å²) in [6.07, 6.45) is 2.04. The Morgan fingerprint density at radius 2 is 1.76 bits per heavy atom. The Hall–Kier alpha value is -2.48. The summed E-state index contributed by atoms with van der Waals surface area (Å²) >= 11 is 1.87. The van der Waals surface area contributed by atoms with Crippen molar-refractivity contribution in [3.63, 3.8) is 0 Å². The van der Waals surface area contributed by atoms with Crippen LogP contribution in [0.1, 0.15) is 32.8 Å². The van der Waals surface area contributed by atoms with Crippen molar-refractivity contribution < 1.29 is 4.74 Å². The molecule has 6 nitrogen and oxygen atoms in total. The summed E-state index contributed by atoms with van der Waals surface area (Å²) < 4.78 is 5.65. The average molecular weight is 462 g/mol. The van der Waals surface area contributed by atoms with Crippen molar-refractivity contribution >= 4 is 23.1 Å². The van der Waals surface area contributed by atoms with E-state index in [2.05, 4.69) is 57.3 Å². The van der Waals surface area contributed by atoms with Crippen LogP contribution in [0.4, 0.5) is 11.8 Å². The number of hydrogen-bond donors (Lipinski definition) is 0. The van der Waals surface area contributed by atoms with Gasteiger partial charge < -0.3 is 14.5 Å². The van der Waals surface area contributed by atoms with Gasteiger partial charge in [0.25, 0.3) is 0 Å². The quantitative estimate of drug-likeness (QED) is 0.589. The summed E-state index contributed by atoms with van der Waals surface area (Å²) in [4.78, 5) is 19.2. The second-order valence-electron chi connectivity index (χ2n) is 9.30. The van der Waals surface area contributed by atoms with Crippen LogP contribution in [0.25, 0.3) is 0 Å². The van der Waals surface area contributed by atoms with Crippen LogP contribution < -0.4 is 9.80 Å². The van der Waals surface area contributed by atoms with Gasteiger partial charge in [0.2, 0.25) is 5.95 Å². The van der Waals surface area contributed by atoms with E-state index in [0.29, 0.717) is 0 Å². The Labute approximate surface area is 199 Å². The number of morpholine rings is 1. The zero-order valence-electron chi connectivity index (χ0n) is 19.3. The predicted molar refractivity (Wildman–Crippen MR) is 133 cm³/mol. The molecule has 0 spiro atoms.